The zero-order valence-corrected chi connectivity index (χ0v) is 14.7. The molecule has 1 fully saturated rings. The Kier molecular flexibility index (Phi) is 5.00. The second-order valence-corrected chi connectivity index (χ2v) is 6.58. The smallest absolute Gasteiger partial charge is 0.321 e. The number of hydrogen-bond acceptors (Lipinski definition) is 3. The second-order valence-electron chi connectivity index (χ2n) is 6.58. The van der Waals surface area contributed by atoms with Gasteiger partial charge >= 0.3 is 6.03 Å². The second kappa shape index (κ2) is 7.18. The van der Waals surface area contributed by atoms with E-state index in [2.05, 4.69) is 29.0 Å². The summed E-state index contributed by atoms with van der Waals surface area (Å²) in [5.41, 5.74) is 1.60. The number of piperidine rings is 1. The Balaban J connectivity index is 1.70. The molecule has 0 unspecified atom stereocenters. The van der Waals surface area contributed by atoms with Crippen LogP contribution in [0.15, 0.2) is 36.5 Å². The Labute approximate surface area is 143 Å². The number of urea groups is 1. The molecule has 0 bridgehead atoms. The summed E-state index contributed by atoms with van der Waals surface area (Å²) >= 11 is 0. The van der Waals surface area contributed by atoms with Gasteiger partial charge in [0.15, 0.2) is 0 Å². The van der Waals surface area contributed by atoms with Crippen molar-refractivity contribution >= 4 is 22.6 Å². The van der Waals surface area contributed by atoms with Gasteiger partial charge in [-0.25, -0.2) is 4.79 Å². The van der Waals surface area contributed by atoms with Crippen molar-refractivity contribution in [1.82, 2.24) is 14.8 Å². The summed E-state index contributed by atoms with van der Waals surface area (Å²) in [6.45, 7) is 6.57. The van der Waals surface area contributed by atoms with Crippen LogP contribution in [0.2, 0.25) is 0 Å². The molecule has 1 aliphatic heterocycles. The highest BCUT2D eigenvalue weighted by Gasteiger charge is 2.29. The van der Waals surface area contributed by atoms with E-state index >= 15 is 0 Å². The minimum atomic E-state index is -0.0599. The maximum absolute atomic E-state index is 12.7. The van der Waals surface area contributed by atoms with Crippen molar-refractivity contribution in [2.75, 3.05) is 25.5 Å². The van der Waals surface area contributed by atoms with Gasteiger partial charge in [0.2, 0.25) is 0 Å². The van der Waals surface area contributed by atoms with Crippen LogP contribution < -0.4 is 5.32 Å². The maximum Gasteiger partial charge on any atom is 0.321 e. The molecule has 0 aliphatic carbocycles. The van der Waals surface area contributed by atoms with Gasteiger partial charge in [-0.15, -0.1) is 0 Å². The number of para-hydroxylation sites is 1. The summed E-state index contributed by atoms with van der Waals surface area (Å²) in [4.78, 5) is 21.4. The minimum absolute atomic E-state index is 0.0599. The number of fused-ring (bicyclic) bond motifs is 1. The average molecular weight is 326 g/mol. The van der Waals surface area contributed by atoms with Crippen LogP contribution in [-0.2, 0) is 0 Å². The predicted molar refractivity (Wildman–Crippen MR) is 98.3 cm³/mol. The maximum atomic E-state index is 12.7. The number of carbonyl (C=O) groups is 1. The number of likely N-dealkylation sites (tertiary alicyclic amines) is 1. The molecule has 0 spiro atoms. The molecule has 2 heterocycles. The van der Waals surface area contributed by atoms with Crippen molar-refractivity contribution in [2.24, 2.45) is 0 Å². The molecule has 2 amide bonds. The highest BCUT2D eigenvalue weighted by atomic mass is 16.2. The Morgan fingerprint density at radius 2 is 2.17 bits per heavy atom. The third-order valence-corrected chi connectivity index (χ3v) is 5.13. The van der Waals surface area contributed by atoms with Crippen molar-refractivity contribution in [3.8, 4) is 0 Å². The Morgan fingerprint density at radius 1 is 1.38 bits per heavy atom. The van der Waals surface area contributed by atoms with Crippen molar-refractivity contribution in [3.63, 3.8) is 0 Å². The fraction of sp³-hybridized carbons (Fsp3) is 0.474. The molecule has 0 saturated carbocycles. The van der Waals surface area contributed by atoms with Gasteiger partial charge in [0.1, 0.15) is 0 Å². The van der Waals surface area contributed by atoms with Crippen LogP contribution in [-0.4, -0.2) is 53.0 Å². The molecule has 128 valence electrons. The monoisotopic (exact) mass is 326 g/mol. The lowest BCUT2D eigenvalue weighted by atomic mass is 9.97. The standard InChI is InChI=1S/C19H26N4O/c1-4-23-12-10-16(13-14(23)2)22(3)19(24)21-17-9-5-7-15-8-6-11-20-18(15)17/h5-9,11,14,16H,4,10,12-13H2,1-3H3,(H,21,24)/t14-,16+/m0/s1. The normalized spacial score (nSPS) is 21.6. The van der Waals surface area contributed by atoms with Gasteiger partial charge in [0.05, 0.1) is 11.2 Å². The van der Waals surface area contributed by atoms with E-state index in [1.54, 1.807) is 6.20 Å². The van der Waals surface area contributed by atoms with Gasteiger partial charge < -0.3 is 15.1 Å². The molecule has 1 aromatic heterocycles. The molecule has 2 aromatic rings. The van der Waals surface area contributed by atoms with E-state index in [1.165, 1.54) is 0 Å². The minimum Gasteiger partial charge on any atom is -0.325 e. The van der Waals surface area contributed by atoms with Crippen molar-refractivity contribution in [2.45, 2.75) is 38.8 Å². The third kappa shape index (κ3) is 3.36. The molecule has 3 rings (SSSR count). The largest absolute Gasteiger partial charge is 0.325 e. The molecular formula is C19H26N4O. The number of nitrogens with one attached hydrogen (secondary N) is 1. The first-order valence-corrected chi connectivity index (χ1v) is 8.71. The summed E-state index contributed by atoms with van der Waals surface area (Å²) in [6, 6.07) is 10.5. The van der Waals surface area contributed by atoms with Crippen LogP contribution in [0, 0.1) is 0 Å². The van der Waals surface area contributed by atoms with E-state index in [1.807, 2.05) is 42.3 Å². The van der Waals surface area contributed by atoms with Gasteiger partial charge in [0, 0.05) is 37.3 Å². The highest BCUT2D eigenvalue weighted by Crippen LogP contribution is 2.24. The van der Waals surface area contributed by atoms with E-state index < -0.39 is 0 Å². The van der Waals surface area contributed by atoms with Crippen LogP contribution in [0.5, 0.6) is 0 Å². The molecule has 2 atom stereocenters. The van der Waals surface area contributed by atoms with Crippen LogP contribution in [0.25, 0.3) is 10.9 Å². The topological polar surface area (TPSA) is 48.5 Å². The fourth-order valence-electron chi connectivity index (χ4n) is 3.59. The molecule has 5 nitrogen and oxygen atoms in total. The zero-order chi connectivity index (χ0) is 17.1. The zero-order valence-electron chi connectivity index (χ0n) is 14.7. The van der Waals surface area contributed by atoms with Gasteiger partial charge in [-0.05, 0) is 38.4 Å². The van der Waals surface area contributed by atoms with E-state index in [-0.39, 0.29) is 12.1 Å². The lowest BCUT2D eigenvalue weighted by Crippen LogP contribution is -2.50. The first-order valence-electron chi connectivity index (χ1n) is 8.71. The van der Waals surface area contributed by atoms with Crippen molar-refractivity contribution < 1.29 is 4.79 Å². The number of benzene rings is 1. The van der Waals surface area contributed by atoms with Gasteiger partial charge in [-0.3, -0.25) is 4.98 Å². The molecule has 0 radical (unpaired) electrons. The SMILES string of the molecule is CCN1CC[C@@H](N(C)C(=O)Nc2cccc3cccnc23)C[C@@H]1C. The summed E-state index contributed by atoms with van der Waals surface area (Å²) < 4.78 is 0. The summed E-state index contributed by atoms with van der Waals surface area (Å²) in [5.74, 6) is 0. The van der Waals surface area contributed by atoms with Crippen LogP contribution in [0.3, 0.4) is 0 Å². The molecule has 1 saturated heterocycles. The van der Waals surface area contributed by atoms with Crippen LogP contribution >= 0.6 is 0 Å². The fourth-order valence-corrected chi connectivity index (χ4v) is 3.59. The van der Waals surface area contributed by atoms with Crippen LogP contribution in [0.1, 0.15) is 26.7 Å². The molecule has 1 N–H and O–H groups in total. The van der Waals surface area contributed by atoms with Crippen molar-refractivity contribution in [3.05, 3.63) is 36.5 Å². The number of pyridine rings is 1. The third-order valence-electron chi connectivity index (χ3n) is 5.13. The number of nitrogens with zero attached hydrogens (tertiary/aromatic N) is 3. The van der Waals surface area contributed by atoms with Gasteiger partial charge in [0.25, 0.3) is 0 Å². The van der Waals surface area contributed by atoms with Crippen molar-refractivity contribution in [1.29, 1.82) is 0 Å². The molecule has 5 heteroatoms. The molecular weight excluding hydrogens is 300 g/mol. The number of anilines is 1. The predicted octanol–water partition coefficient (Wildman–Crippen LogP) is 3.57. The Morgan fingerprint density at radius 3 is 2.92 bits per heavy atom. The molecule has 1 aliphatic rings. The van der Waals surface area contributed by atoms with Crippen LogP contribution in [0.4, 0.5) is 10.5 Å². The molecule has 1 aromatic carbocycles. The molecule has 24 heavy (non-hydrogen) atoms. The summed E-state index contributed by atoms with van der Waals surface area (Å²) in [6.07, 6.45) is 3.80. The summed E-state index contributed by atoms with van der Waals surface area (Å²) in [7, 11) is 1.90. The first kappa shape index (κ1) is 16.7. The number of amides is 2. The van der Waals surface area contributed by atoms with E-state index in [9.17, 15) is 4.79 Å². The highest BCUT2D eigenvalue weighted by molar-refractivity contribution is 5.99. The number of aromatic nitrogens is 1. The lowest BCUT2D eigenvalue weighted by molar-refractivity contribution is 0.104. The van der Waals surface area contributed by atoms with E-state index in [0.717, 1.165) is 42.5 Å². The first-order chi connectivity index (χ1) is 11.6. The van der Waals surface area contributed by atoms with E-state index in [0.29, 0.717) is 6.04 Å². The Hall–Kier alpha value is -2.14. The van der Waals surface area contributed by atoms with Gasteiger partial charge in [-0.1, -0.05) is 25.1 Å². The Bertz CT molecular complexity index is 712. The van der Waals surface area contributed by atoms with E-state index in [4.69, 9.17) is 0 Å². The average Bonchev–Trinajstić information content (AvgIpc) is 2.61. The van der Waals surface area contributed by atoms with Gasteiger partial charge in [-0.2, -0.15) is 0 Å². The lowest BCUT2D eigenvalue weighted by Gasteiger charge is -2.40. The quantitative estimate of drug-likeness (QED) is 0.938. The number of carbonyl (C=O) groups excluding carboxylic acids is 1. The number of hydrogen-bond donors (Lipinski definition) is 1. The number of rotatable bonds is 3. The summed E-state index contributed by atoms with van der Waals surface area (Å²) in [5, 5.41) is 4.06.